The van der Waals surface area contributed by atoms with Crippen LogP contribution in [0.4, 0.5) is 0 Å². The van der Waals surface area contributed by atoms with Crippen molar-refractivity contribution >= 4 is 5.97 Å². The van der Waals surface area contributed by atoms with Gasteiger partial charge in [0.1, 0.15) is 0 Å². The van der Waals surface area contributed by atoms with Crippen molar-refractivity contribution in [2.45, 2.75) is 45.1 Å². The van der Waals surface area contributed by atoms with Crippen LogP contribution >= 0.6 is 0 Å². The van der Waals surface area contributed by atoms with Crippen LogP contribution in [0.25, 0.3) is 0 Å². The summed E-state index contributed by atoms with van der Waals surface area (Å²) in [6.45, 7) is 2.61. The zero-order chi connectivity index (χ0) is 18.2. The SMILES string of the molecule is CC(=O)OC1(OCc2ccccc2)CCC(COCc2ccccc2)O1. The molecule has 2 aromatic rings. The number of carbonyl (C=O) groups excluding carboxylic acids is 1. The van der Waals surface area contributed by atoms with Crippen LogP contribution in [-0.2, 0) is 37.0 Å². The first-order valence-electron chi connectivity index (χ1n) is 8.82. The molecule has 2 unspecified atom stereocenters. The van der Waals surface area contributed by atoms with Crippen LogP contribution in [0, 0.1) is 0 Å². The Kier molecular flexibility index (Phi) is 6.39. The van der Waals surface area contributed by atoms with Gasteiger partial charge in [-0.1, -0.05) is 60.7 Å². The van der Waals surface area contributed by atoms with E-state index in [2.05, 4.69) is 0 Å². The predicted molar refractivity (Wildman–Crippen MR) is 95.9 cm³/mol. The second-order valence-corrected chi connectivity index (χ2v) is 6.33. The maximum absolute atomic E-state index is 11.5. The van der Waals surface area contributed by atoms with Crippen molar-refractivity contribution in [2.24, 2.45) is 0 Å². The van der Waals surface area contributed by atoms with Crippen molar-refractivity contribution in [3.05, 3.63) is 71.8 Å². The highest BCUT2D eigenvalue weighted by atomic mass is 16.9. The largest absolute Gasteiger partial charge is 0.408 e. The molecule has 1 heterocycles. The van der Waals surface area contributed by atoms with Gasteiger partial charge in [0.2, 0.25) is 0 Å². The Hall–Kier alpha value is -2.21. The molecule has 1 aliphatic rings. The van der Waals surface area contributed by atoms with Crippen LogP contribution < -0.4 is 0 Å². The maximum Gasteiger partial charge on any atom is 0.329 e. The molecule has 1 saturated heterocycles. The molecule has 0 aromatic heterocycles. The van der Waals surface area contributed by atoms with Crippen LogP contribution in [0.2, 0.25) is 0 Å². The standard InChI is InChI=1S/C21H24O5/c1-17(22)25-21(24-15-19-10-6-3-7-11-19)13-12-20(26-21)16-23-14-18-8-4-2-5-9-18/h2-11,20H,12-16H2,1H3. The molecule has 5 nitrogen and oxygen atoms in total. The molecule has 1 aliphatic heterocycles. The summed E-state index contributed by atoms with van der Waals surface area (Å²) in [5.41, 5.74) is 2.10. The van der Waals surface area contributed by atoms with Crippen molar-refractivity contribution in [3.8, 4) is 0 Å². The van der Waals surface area contributed by atoms with Gasteiger partial charge in [-0.3, -0.25) is 4.79 Å². The van der Waals surface area contributed by atoms with Crippen molar-refractivity contribution in [2.75, 3.05) is 6.61 Å². The van der Waals surface area contributed by atoms with Gasteiger partial charge in [0, 0.05) is 13.3 Å². The second-order valence-electron chi connectivity index (χ2n) is 6.33. The highest BCUT2D eigenvalue weighted by molar-refractivity contribution is 5.66. The zero-order valence-electron chi connectivity index (χ0n) is 14.9. The number of ether oxygens (including phenoxy) is 4. The molecule has 5 heteroatoms. The van der Waals surface area contributed by atoms with Crippen molar-refractivity contribution in [3.63, 3.8) is 0 Å². The van der Waals surface area contributed by atoms with Crippen LogP contribution in [-0.4, -0.2) is 24.7 Å². The summed E-state index contributed by atoms with van der Waals surface area (Å²) in [5.74, 6) is -1.76. The summed E-state index contributed by atoms with van der Waals surface area (Å²) in [6, 6.07) is 19.7. The number of hydrogen-bond donors (Lipinski definition) is 0. The van der Waals surface area contributed by atoms with Crippen molar-refractivity contribution in [1.82, 2.24) is 0 Å². The van der Waals surface area contributed by atoms with E-state index >= 15 is 0 Å². The Morgan fingerprint density at radius 3 is 2.27 bits per heavy atom. The lowest BCUT2D eigenvalue weighted by molar-refractivity contribution is -0.358. The van der Waals surface area contributed by atoms with Crippen LogP contribution in [0.1, 0.15) is 30.9 Å². The van der Waals surface area contributed by atoms with Gasteiger partial charge in [-0.15, -0.1) is 0 Å². The third-order valence-corrected chi connectivity index (χ3v) is 4.13. The molecule has 0 aliphatic carbocycles. The highest BCUT2D eigenvalue weighted by Gasteiger charge is 2.45. The average Bonchev–Trinajstić information content (AvgIpc) is 3.04. The lowest BCUT2D eigenvalue weighted by atomic mass is 10.2. The maximum atomic E-state index is 11.5. The minimum Gasteiger partial charge on any atom is -0.408 e. The van der Waals surface area contributed by atoms with Gasteiger partial charge in [-0.2, -0.15) is 0 Å². The second kappa shape index (κ2) is 8.94. The minimum absolute atomic E-state index is 0.172. The molecule has 2 atom stereocenters. The van der Waals surface area contributed by atoms with Gasteiger partial charge >= 0.3 is 11.9 Å². The van der Waals surface area contributed by atoms with Gasteiger partial charge in [0.15, 0.2) is 0 Å². The fourth-order valence-electron chi connectivity index (χ4n) is 2.91. The van der Waals surface area contributed by atoms with E-state index < -0.39 is 11.9 Å². The summed E-state index contributed by atoms with van der Waals surface area (Å²) >= 11 is 0. The molecule has 2 aromatic carbocycles. The van der Waals surface area contributed by atoms with Gasteiger partial charge in [-0.05, 0) is 17.5 Å². The number of esters is 1. The number of carbonyl (C=O) groups is 1. The quantitative estimate of drug-likeness (QED) is 0.532. The van der Waals surface area contributed by atoms with Crippen LogP contribution in [0.5, 0.6) is 0 Å². The molecule has 0 saturated carbocycles. The molecule has 1 fully saturated rings. The van der Waals surface area contributed by atoms with E-state index in [4.69, 9.17) is 18.9 Å². The molecule has 0 bridgehead atoms. The normalized spacial score (nSPS) is 22.3. The molecule has 138 valence electrons. The zero-order valence-corrected chi connectivity index (χ0v) is 14.9. The van der Waals surface area contributed by atoms with Crippen molar-refractivity contribution < 1.29 is 23.7 Å². The molecule has 0 radical (unpaired) electrons. The molecule has 0 amide bonds. The van der Waals surface area contributed by atoms with Gasteiger partial charge < -0.3 is 18.9 Å². The van der Waals surface area contributed by atoms with E-state index in [1.54, 1.807) is 0 Å². The molecule has 26 heavy (non-hydrogen) atoms. The third kappa shape index (κ3) is 5.39. The topological polar surface area (TPSA) is 54.0 Å². The summed E-state index contributed by atoms with van der Waals surface area (Å²) in [4.78, 5) is 11.5. The number of hydrogen-bond acceptors (Lipinski definition) is 5. The first-order chi connectivity index (χ1) is 12.7. The molecule has 0 N–H and O–H groups in total. The molecular weight excluding hydrogens is 332 g/mol. The van der Waals surface area contributed by atoms with E-state index in [1.807, 2.05) is 60.7 Å². The summed E-state index contributed by atoms with van der Waals surface area (Å²) in [6.07, 6.45) is 1.02. The molecule has 0 spiro atoms. The Labute approximate surface area is 153 Å². The first-order valence-corrected chi connectivity index (χ1v) is 8.82. The molecule has 3 rings (SSSR count). The van der Waals surface area contributed by atoms with E-state index in [1.165, 1.54) is 6.92 Å². The lowest BCUT2D eigenvalue weighted by Gasteiger charge is -2.28. The lowest BCUT2D eigenvalue weighted by Crippen LogP contribution is -2.38. The minimum atomic E-state index is -1.33. The fourth-order valence-corrected chi connectivity index (χ4v) is 2.91. The van der Waals surface area contributed by atoms with Gasteiger partial charge in [-0.25, -0.2) is 0 Å². The Balaban J connectivity index is 1.52. The Bertz CT molecular complexity index is 688. The van der Waals surface area contributed by atoms with Crippen molar-refractivity contribution in [1.29, 1.82) is 0 Å². The number of rotatable bonds is 8. The Morgan fingerprint density at radius 2 is 1.65 bits per heavy atom. The summed E-state index contributed by atoms with van der Waals surface area (Å²) in [5, 5.41) is 0. The first kappa shape index (κ1) is 18.6. The van der Waals surface area contributed by atoms with Crippen LogP contribution in [0.15, 0.2) is 60.7 Å². The smallest absolute Gasteiger partial charge is 0.329 e. The summed E-state index contributed by atoms with van der Waals surface area (Å²) < 4.78 is 22.9. The summed E-state index contributed by atoms with van der Waals surface area (Å²) in [7, 11) is 0. The number of benzene rings is 2. The van der Waals surface area contributed by atoms with E-state index in [-0.39, 0.29) is 6.10 Å². The van der Waals surface area contributed by atoms with Gasteiger partial charge in [0.25, 0.3) is 0 Å². The molecular formula is C21H24O5. The average molecular weight is 356 g/mol. The monoisotopic (exact) mass is 356 g/mol. The van der Waals surface area contributed by atoms with E-state index in [0.29, 0.717) is 32.7 Å². The third-order valence-electron chi connectivity index (χ3n) is 4.13. The van der Waals surface area contributed by atoms with Crippen LogP contribution in [0.3, 0.4) is 0 Å². The highest BCUT2D eigenvalue weighted by Crippen LogP contribution is 2.34. The Morgan fingerprint density at radius 1 is 1.04 bits per heavy atom. The van der Waals surface area contributed by atoms with Gasteiger partial charge in [0.05, 0.1) is 25.9 Å². The van der Waals surface area contributed by atoms with E-state index in [9.17, 15) is 4.79 Å². The predicted octanol–water partition coefficient (Wildman–Crippen LogP) is 3.82. The van der Waals surface area contributed by atoms with E-state index in [0.717, 1.165) is 11.1 Å². The fraction of sp³-hybridized carbons (Fsp3) is 0.381.